The smallest absolute Gasteiger partial charge is 0.344 e. The number of amides is 1. The summed E-state index contributed by atoms with van der Waals surface area (Å²) >= 11 is 0. The number of hydrogen-bond acceptors (Lipinski definition) is 3. The van der Waals surface area contributed by atoms with Crippen molar-refractivity contribution in [1.82, 2.24) is 4.98 Å². The van der Waals surface area contributed by atoms with Crippen LogP contribution in [0, 0.1) is 11.7 Å². The molecule has 1 amide bonds. The van der Waals surface area contributed by atoms with Gasteiger partial charge < -0.3 is 10.6 Å². The Morgan fingerprint density at radius 3 is 2.48 bits per heavy atom. The van der Waals surface area contributed by atoms with Crippen LogP contribution in [-0.4, -0.2) is 10.9 Å². The van der Waals surface area contributed by atoms with E-state index < -0.39 is 17.6 Å². The van der Waals surface area contributed by atoms with Gasteiger partial charge in [0.1, 0.15) is 11.6 Å². The average molecular weight is 381 g/mol. The highest BCUT2D eigenvalue weighted by Crippen LogP contribution is 2.30. The molecule has 0 aliphatic heterocycles. The topological polar surface area (TPSA) is 54.0 Å². The van der Waals surface area contributed by atoms with Crippen LogP contribution >= 0.6 is 0 Å². The summed E-state index contributed by atoms with van der Waals surface area (Å²) in [6.07, 6.45) is -2.58. The van der Waals surface area contributed by atoms with E-state index in [9.17, 15) is 22.4 Å². The van der Waals surface area contributed by atoms with Crippen molar-refractivity contribution in [3.63, 3.8) is 0 Å². The van der Waals surface area contributed by atoms with Crippen molar-refractivity contribution in [3.8, 4) is 0 Å². The number of carbonyl (C=O) groups excluding carboxylic acids is 1. The molecule has 27 heavy (non-hydrogen) atoms. The summed E-state index contributed by atoms with van der Waals surface area (Å²) in [6, 6.07) is 7.19. The molecule has 0 radical (unpaired) electrons. The van der Waals surface area contributed by atoms with Gasteiger partial charge in [0.2, 0.25) is 5.91 Å². The highest BCUT2D eigenvalue weighted by Gasteiger charge is 2.30. The molecule has 2 N–H and O–H groups in total. The van der Waals surface area contributed by atoms with Crippen LogP contribution < -0.4 is 10.6 Å². The van der Waals surface area contributed by atoms with Crippen LogP contribution in [0.4, 0.5) is 29.1 Å². The first-order valence-corrected chi connectivity index (χ1v) is 8.19. The van der Waals surface area contributed by atoms with Gasteiger partial charge in [-0.3, -0.25) is 4.79 Å². The van der Waals surface area contributed by atoms with Gasteiger partial charge in [0.15, 0.2) is 0 Å². The van der Waals surface area contributed by atoms with Crippen molar-refractivity contribution < 1.29 is 22.4 Å². The monoisotopic (exact) mass is 381 g/mol. The first-order chi connectivity index (χ1) is 12.6. The molecule has 0 fully saturated rings. The minimum Gasteiger partial charge on any atom is -0.344 e. The Labute approximate surface area is 154 Å². The fourth-order valence-corrected chi connectivity index (χ4v) is 2.24. The Kier molecular flexibility index (Phi) is 6.55. The highest BCUT2D eigenvalue weighted by molar-refractivity contribution is 5.92. The second-order valence-corrected chi connectivity index (χ2v) is 6.09. The molecule has 0 bridgehead atoms. The van der Waals surface area contributed by atoms with Crippen LogP contribution in [0.1, 0.15) is 25.3 Å². The average Bonchev–Trinajstić information content (AvgIpc) is 2.61. The van der Waals surface area contributed by atoms with E-state index in [0.29, 0.717) is 24.2 Å². The molecule has 0 saturated heterocycles. The first kappa shape index (κ1) is 20.4. The number of benzene rings is 1. The fourth-order valence-electron chi connectivity index (χ4n) is 2.24. The molecule has 0 aliphatic rings. The third kappa shape index (κ3) is 6.40. The molecule has 144 valence electrons. The standard InChI is InChI=1S/C19H19F4N3O/c1-12(18(27)26-16-7-5-15(20)6-8-16)3-4-13(2)25-17-11-14(9-10-24-17)19(21,22)23/h5-12H,2-4H2,1H3,(H,24,25)(H,26,27). The normalized spacial score (nSPS) is 12.3. The molecule has 0 aliphatic carbocycles. The third-order valence-electron chi connectivity index (χ3n) is 3.83. The van der Waals surface area contributed by atoms with E-state index in [4.69, 9.17) is 0 Å². The van der Waals surface area contributed by atoms with Crippen molar-refractivity contribution in [2.45, 2.75) is 25.9 Å². The predicted octanol–water partition coefficient (Wildman–Crippen LogP) is 5.22. The van der Waals surface area contributed by atoms with E-state index >= 15 is 0 Å². The van der Waals surface area contributed by atoms with Crippen molar-refractivity contribution in [1.29, 1.82) is 0 Å². The third-order valence-corrected chi connectivity index (χ3v) is 3.83. The molecule has 1 unspecified atom stereocenters. The molecular weight excluding hydrogens is 362 g/mol. The van der Waals surface area contributed by atoms with Crippen LogP contribution in [0.5, 0.6) is 0 Å². The number of aromatic nitrogens is 1. The van der Waals surface area contributed by atoms with Crippen LogP contribution in [0.25, 0.3) is 0 Å². The Hall–Kier alpha value is -2.90. The summed E-state index contributed by atoms with van der Waals surface area (Å²) in [6.45, 7) is 5.48. The lowest BCUT2D eigenvalue weighted by Crippen LogP contribution is -2.20. The van der Waals surface area contributed by atoms with Gasteiger partial charge in [0.25, 0.3) is 0 Å². The number of anilines is 2. The molecule has 0 spiro atoms. The fraction of sp³-hybridized carbons (Fsp3) is 0.263. The molecule has 0 saturated carbocycles. The highest BCUT2D eigenvalue weighted by atomic mass is 19.4. The van der Waals surface area contributed by atoms with Gasteiger partial charge >= 0.3 is 6.18 Å². The zero-order valence-corrected chi connectivity index (χ0v) is 14.6. The maximum Gasteiger partial charge on any atom is 0.416 e. The lowest BCUT2D eigenvalue weighted by atomic mass is 10.0. The number of nitrogens with zero attached hydrogens (tertiary/aromatic N) is 1. The van der Waals surface area contributed by atoms with Crippen molar-refractivity contribution >= 4 is 17.4 Å². The number of allylic oxidation sites excluding steroid dienone is 1. The van der Waals surface area contributed by atoms with Gasteiger partial charge in [0, 0.05) is 23.5 Å². The molecule has 1 aromatic heterocycles. The summed E-state index contributed by atoms with van der Waals surface area (Å²) in [5.41, 5.74) is 0.126. The molecule has 1 heterocycles. The summed E-state index contributed by atoms with van der Waals surface area (Å²) in [4.78, 5) is 16.0. The molecule has 2 rings (SSSR count). The van der Waals surface area contributed by atoms with E-state index in [0.717, 1.165) is 18.3 Å². The number of halogens is 4. The van der Waals surface area contributed by atoms with Crippen LogP contribution in [-0.2, 0) is 11.0 Å². The van der Waals surface area contributed by atoms with E-state index in [1.165, 1.54) is 24.3 Å². The molecule has 1 atom stereocenters. The van der Waals surface area contributed by atoms with Gasteiger partial charge in [0.05, 0.1) is 5.56 Å². The number of hydrogen-bond donors (Lipinski definition) is 2. The number of carbonyl (C=O) groups is 1. The lowest BCUT2D eigenvalue weighted by molar-refractivity contribution is -0.137. The minimum absolute atomic E-state index is 0.0400. The number of alkyl halides is 3. The lowest BCUT2D eigenvalue weighted by Gasteiger charge is -2.14. The minimum atomic E-state index is -4.45. The largest absolute Gasteiger partial charge is 0.416 e. The number of nitrogens with one attached hydrogen (secondary N) is 2. The Balaban J connectivity index is 1.84. The van der Waals surface area contributed by atoms with E-state index in [-0.39, 0.29) is 17.6 Å². The molecule has 4 nitrogen and oxygen atoms in total. The number of pyridine rings is 1. The predicted molar refractivity (Wildman–Crippen MR) is 95.4 cm³/mol. The van der Waals surface area contributed by atoms with Crippen LogP contribution in [0.15, 0.2) is 54.9 Å². The molecule has 2 aromatic rings. The second-order valence-electron chi connectivity index (χ2n) is 6.09. The SMILES string of the molecule is C=C(CCC(C)C(=O)Nc1ccc(F)cc1)Nc1cc(C(F)(F)F)ccn1. The summed E-state index contributed by atoms with van der Waals surface area (Å²) < 4.78 is 51.0. The Morgan fingerprint density at radius 2 is 1.85 bits per heavy atom. The van der Waals surface area contributed by atoms with Gasteiger partial charge in [-0.15, -0.1) is 0 Å². The zero-order chi connectivity index (χ0) is 20.0. The molecule has 1 aromatic carbocycles. The first-order valence-electron chi connectivity index (χ1n) is 8.19. The molecule has 8 heteroatoms. The van der Waals surface area contributed by atoms with Crippen LogP contribution in [0.3, 0.4) is 0 Å². The van der Waals surface area contributed by atoms with E-state index in [1.807, 2.05) is 0 Å². The Bertz CT molecular complexity index is 803. The maximum atomic E-state index is 12.9. The quantitative estimate of drug-likeness (QED) is 0.647. The van der Waals surface area contributed by atoms with Crippen molar-refractivity contribution in [2.75, 3.05) is 10.6 Å². The van der Waals surface area contributed by atoms with Gasteiger partial charge in [-0.1, -0.05) is 13.5 Å². The summed E-state index contributed by atoms with van der Waals surface area (Å²) in [5.74, 6) is -0.973. The van der Waals surface area contributed by atoms with Crippen LogP contribution in [0.2, 0.25) is 0 Å². The van der Waals surface area contributed by atoms with Crippen molar-refractivity contribution in [2.24, 2.45) is 5.92 Å². The maximum absolute atomic E-state index is 12.9. The second kappa shape index (κ2) is 8.66. The zero-order valence-electron chi connectivity index (χ0n) is 14.6. The van der Waals surface area contributed by atoms with E-state index in [1.54, 1.807) is 6.92 Å². The summed E-state index contributed by atoms with van der Waals surface area (Å²) in [5, 5.41) is 5.40. The van der Waals surface area contributed by atoms with Gasteiger partial charge in [-0.2, -0.15) is 13.2 Å². The molecular formula is C19H19F4N3O. The van der Waals surface area contributed by atoms with Gasteiger partial charge in [-0.25, -0.2) is 9.37 Å². The van der Waals surface area contributed by atoms with Crippen molar-refractivity contribution in [3.05, 3.63) is 66.3 Å². The van der Waals surface area contributed by atoms with Gasteiger partial charge in [-0.05, 0) is 49.2 Å². The summed E-state index contributed by atoms with van der Waals surface area (Å²) in [7, 11) is 0. The van der Waals surface area contributed by atoms with E-state index in [2.05, 4.69) is 22.2 Å². The number of rotatable bonds is 7. The Morgan fingerprint density at radius 1 is 1.19 bits per heavy atom.